The van der Waals surface area contributed by atoms with Gasteiger partial charge < -0.3 is 15.3 Å². The number of rotatable bonds is 3. The van der Waals surface area contributed by atoms with Crippen LogP contribution in [0.4, 0.5) is 0 Å². The quantitative estimate of drug-likeness (QED) is 0.397. The third-order valence-corrected chi connectivity index (χ3v) is 6.20. The second-order valence-electron chi connectivity index (χ2n) is 6.23. The highest BCUT2D eigenvalue weighted by molar-refractivity contribution is 14.0. The van der Waals surface area contributed by atoms with Crippen molar-refractivity contribution in [3.05, 3.63) is 0 Å². The van der Waals surface area contributed by atoms with E-state index in [1.165, 1.54) is 0 Å². The average Bonchev–Trinajstić information content (AvgIpc) is 2.80. The molecule has 2 aliphatic rings. The summed E-state index contributed by atoms with van der Waals surface area (Å²) in [6.45, 7) is 10.1. The molecule has 0 spiro atoms. The molecule has 1 unspecified atom stereocenters. The molecule has 7 heteroatoms. The summed E-state index contributed by atoms with van der Waals surface area (Å²) < 4.78 is 0.272. The number of aliphatic hydroxyl groups is 1. The van der Waals surface area contributed by atoms with Crippen molar-refractivity contribution in [2.75, 3.05) is 43.4 Å². The van der Waals surface area contributed by atoms with Gasteiger partial charge in [-0.05, 0) is 32.9 Å². The predicted molar refractivity (Wildman–Crippen MR) is 106 cm³/mol. The van der Waals surface area contributed by atoms with Crippen LogP contribution in [0.3, 0.4) is 0 Å². The van der Waals surface area contributed by atoms with E-state index in [2.05, 4.69) is 31.0 Å². The lowest BCUT2D eigenvalue weighted by atomic mass is 10.0. The Labute approximate surface area is 154 Å². The standard InChI is InChI=1S/C14H27N3OS2.HI/c1-4-15-12(16-9-14(18)5-7-19-11-14)17-6-8-20-13(2,3)10-17;/h18H,4-11H2,1-3H3,(H,15,16);1H. The van der Waals surface area contributed by atoms with Gasteiger partial charge in [0.05, 0.1) is 12.1 Å². The van der Waals surface area contributed by atoms with Crippen molar-refractivity contribution in [1.82, 2.24) is 10.2 Å². The van der Waals surface area contributed by atoms with Gasteiger partial charge >= 0.3 is 0 Å². The molecule has 2 N–H and O–H groups in total. The number of thioether (sulfide) groups is 2. The average molecular weight is 445 g/mol. The van der Waals surface area contributed by atoms with Gasteiger partial charge in [-0.2, -0.15) is 23.5 Å². The summed E-state index contributed by atoms with van der Waals surface area (Å²) in [5, 5.41) is 13.8. The van der Waals surface area contributed by atoms with Crippen LogP contribution in [0, 0.1) is 0 Å². The van der Waals surface area contributed by atoms with E-state index in [-0.39, 0.29) is 28.7 Å². The minimum atomic E-state index is -0.592. The molecule has 21 heavy (non-hydrogen) atoms. The van der Waals surface area contributed by atoms with E-state index in [0.29, 0.717) is 6.54 Å². The lowest BCUT2D eigenvalue weighted by molar-refractivity contribution is 0.0775. The summed E-state index contributed by atoms with van der Waals surface area (Å²) in [6, 6.07) is 0. The Morgan fingerprint density at radius 2 is 2.14 bits per heavy atom. The third-order valence-electron chi connectivity index (χ3n) is 3.67. The predicted octanol–water partition coefficient (Wildman–Crippen LogP) is 2.27. The van der Waals surface area contributed by atoms with Crippen LogP contribution < -0.4 is 5.32 Å². The summed E-state index contributed by atoms with van der Waals surface area (Å²) in [5.41, 5.74) is -0.592. The van der Waals surface area contributed by atoms with Crippen molar-refractivity contribution in [1.29, 1.82) is 0 Å². The SMILES string of the molecule is CCNC(=NCC1(O)CCSC1)N1CCSC(C)(C)C1.I. The first-order valence-electron chi connectivity index (χ1n) is 7.41. The molecule has 0 aromatic carbocycles. The summed E-state index contributed by atoms with van der Waals surface area (Å²) in [4.78, 5) is 7.05. The van der Waals surface area contributed by atoms with Gasteiger partial charge in [-0.15, -0.1) is 24.0 Å². The molecule has 2 saturated heterocycles. The number of hydrogen-bond acceptors (Lipinski definition) is 4. The van der Waals surface area contributed by atoms with Crippen LogP contribution >= 0.6 is 47.5 Å². The van der Waals surface area contributed by atoms with Crippen molar-refractivity contribution < 1.29 is 5.11 Å². The molecule has 2 rings (SSSR count). The molecule has 0 bridgehead atoms. The van der Waals surface area contributed by atoms with Gasteiger partial charge in [-0.3, -0.25) is 4.99 Å². The fraction of sp³-hybridized carbons (Fsp3) is 0.929. The molecule has 124 valence electrons. The Balaban J connectivity index is 0.00000220. The first-order valence-corrected chi connectivity index (χ1v) is 9.55. The van der Waals surface area contributed by atoms with Crippen LogP contribution in [0.5, 0.6) is 0 Å². The van der Waals surface area contributed by atoms with Crippen LogP contribution in [-0.4, -0.2) is 69.8 Å². The Kier molecular flexibility index (Phi) is 7.97. The molecule has 2 fully saturated rings. The van der Waals surface area contributed by atoms with Gasteiger partial charge in [0.25, 0.3) is 0 Å². The summed E-state index contributed by atoms with van der Waals surface area (Å²) >= 11 is 3.85. The Bertz CT molecular complexity index is 360. The minimum Gasteiger partial charge on any atom is -0.387 e. The van der Waals surface area contributed by atoms with Gasteiger partial charge in [0.2, 0.25) is 0 Å². The zero-order valence-electron chi connectivity index (χ0n) is 13.2. The van der Waals surface area contributed by atoms with Crippen LogP contribution in [-0.2, 0) is 0 Å². The summed E-state index contributed by atoms with van der Waals surface area (Å²) in [7, 11) is 0. The van der Waals surface area contributed by atoms with E-state index in [1.807, 2.05) is 23.5 Å². The van der Waals surface area contributed by atoms with Crippen molar-refractivity contribution in [2.45, 2.75) is 37.5 Å². The number of aliphatic imine (C=N–C) groups is 1. The van der Waals surface area contributed by atoms with Gasteiger partial charge in [-0.1, -0.05) is 0 Å². The fourth-order valence-electron chi connectivity index (χ4n) is 2.57. The molecule has 0 aliphatic carbocycles. The first kappa shape index (κ1) is 19.7. The van der Waals surface area contributed by atoms with Crippen molar-refractivity contribution in [3.63, 3.8) is 0 Å². The summed E-state index contributed by atoms with van der Waals surface area (Å²) in [5.74, 6) is 3.97. The smallest absolute Gasteiger partial charge is 0.194 e. The zero-order valence-corrected chi connectivity index (χ0v) is 17.2. The van der Waals surface area contributed by atoms with Crippen LogP contribution in [0.25, 0.3) is 0 Å². The Morgan fingerprint density at radius 3 is 2.71 bits per heavy atom. The lowest BCUT2D eigenvalue weighted by Crippen LogP contribution is -2.51. The molecule has 2 aliphatic heterocycles. The van der Waals surface area contributed by atoms with Gasteiger partial charge in [0.1, 0.15) is 0 Å². The van der Waals surface area contributed by atoms with E-state index < -0.39 is 5.60 Å². The van der Waals surface area contributed by atoms with Crippen molar-refractivity contribution >= 4 is 53.5 Å². The highest BCUT2D eigenvalue weighted by Gasteiger charge is 2.33. The van der Waals surface area contributed by atoms with E-state index in [9.17, 15) is 5.11 Å². The summed E-state index contributed by atoms with van der Waals surface area (Å²) in [6.07, 6.45) is 0.863. The van der Waals surface area contributed by atoms with Crippen LogP contribution in [0.15, 0.2) is 4.99 Å². The maximum absolute atomic E-state index is 10.4. The van der Waals surface area contributed by atoms with E-state index in [1.54, 1.807) is 0 Å². The molecule has 0 amide bonds. The van der Waals surface area contributed by atoms with Gasteiger partial charge in [-0.25, -0.2) is 0 Å². The van der Waals surface area contributed by atoms with E-state index in [4.69, 9.17) is 4.99 Å². The normalized spacial score (nSPS) is 29.1. The third kappa shape index (κ3) is 5.99. The maximum atomic E-state index is 10.4. The molecular formula is C14H28IN3OS2. The maximum Gasteiger partial charge on any atom is 0.194 e. The fourth-order valence-corrected chi connectivity index (χ4v) is 4.96. The minimum absolute atomic E-state index is 0. The largest absolute Gasteiger partial charge is 0.387 e. The second kappa shape index (κ2) is 8.49. The second-order valence-corrected chi connectivity index (χ2v) is 9.13. The van der Waals surface area contributed by atoms with Gasteiger partial charge in [0, 0.05) is 35.9 Å². The molecule has 2 heterocycles. The molecule has 0 saturated carbocycles. The van der Waals surface area contributed by atoms with Crippen molar-refractivity contribution in [2.24, 2.45) is 4.99 Å². The topological polar surface area (TPSA) is 47.9 Å². The van der Waals surface area contributed by atoms with Crippen LogP contribution in [0.2, 0.25) is 0 Å². The highest BCUT2D eigenvalue weighted by Crippen LogP contribution is 2.30. The molecule has 0 aromatic heterocycles. The first-order chi connectivity index (χ1) is 9.44. The van der Waals surface area contributed by atoms with E-state index >= 15 is 0 Å². The highest BCUT2D eigenvalue weighted by atomic mass is 127. The molecule has 0 radical (unpaired) electrons. The van der Waals surface area contributed by atoms with Crippen LogP contribution in [0.1, 0.15) is 27.2 Å². The molecule has 1 atom stereocenters. The Hall–Kier alpha value is 0.660. The number of guanidine groups is 1. The van der Waals surface area contributed by atoms with Crippen molar-refractivity contribution in [3.8, 4) is 0 Å². The number of nitrogens with zero attached hydrogens (tertiary/aromatic N) is 2. The Morgan fingerprint density at radius 1 is 1.38 bits per heavy atom. The number of hydrogen-bond donors (Lipinski definition) is 2. The monoisotopic (exact) mass is 445 g/mol. The lowest BCUT2D eigenvalue weighted by Gasteiger charge is -2.39. The molecular weight excluding hydrogens is 417 g/mol. The molecule has 4 nitrogen and oxygen atoms in total. The zero-order chi connectivity index (χ0) is 14.6. The van der Waals surface area contributed by atoms with E-state index in [0.717, 1.165) is 49.3 Å². The number of nitrogens with one attached hydrogen (secondary N) is 1. The molecule has 0 aromatic rings. The number of halogens is 1. The van der Waals surface area contributed by atoms with Gasteiger partial charge in [0.15, 0.2) is 5.96 Å².